The number of hydrogen-bond donors (Lipinski definition) is 2. The molecule has 0 fully saturated rings. The van der Waals surface area contributed by atoms with Crippen molar-refractivity contribution in [3.05, 3.63) is 34.6 Å². The first kappa shape index (κ1) is 14.6. The minimum absolute atomic E-state index is 0.413. The topological polar surface area (TPSA) is 73.1 Å². The SMILES string of the molecule is CCCOc1ncnc(Nc2cc(C)cc(Br)c2)c1N. The molecule has 6 heteroatoms. The van der Waals surface area contributed by atoms with Crippen LogP contribution < -0.4 is 15.8 Å². The molecule has 1 heterocycles. The van der Waals surface area contributed by atoms with Crippen molar-refractivity contribution >= 4 is 33.1 Å². The van der Waals surface area contributed by atoms with Gasteiger partial charge < -0.3 is 15.8 Å². The Hall–Kier alpha value is -1.82. The molecule has 1 aromatic heterocycles. The van der Waals surface area contributed by atoms with E-state index in [1.807, 2.05) is 32.0 Å². The van der Waals surface area contributed by atoms with Crippen LogP contribution in [0.2, 0.25) is 0 Å². The number of nitrogens with two attached hydrogens (primary N) is 1. The van der Waals surface area contributed by atoms with Gasteiger partial charge in [-0.1, -0.05) is 22.9 Å². The number of aryl methyl sites for hydroxylation is 1. The summed E-state index contributed by atoms with van der Waals surface area (Å²) in [6.45, 7) is 4.63. The van der Waals surface area contributed by atoms with Gasteiger partial charge in [-0.3, -0.25) is 0 Å². The second kappa shape index (κ2) is 6.56. The quantitative estimate of drug-likeness (QED) is 0.871. The zero-order valence-corrected chi connectivity index (χ0v) is 13.1. The fraction of sp³-hybridized carbons (Fsp3) is 0.286. The molecule has 0 amide bonds. The van der Waals surface area contributed by atoms with Crippen LogP contribution in [0.3, 0.4) is 0 Å². The molecule has 20 heavy (non-hydrogen) atoms. The van der Waals surface area contributed by atoms with Gasteiger partial charge in [-0.25, -0.2) is 4.98 Å². The van der Waals surface area contributed by atoms with Crippen molar-refractivity contribution < 1.29 is 4.74 Å². The lowest BCUT2D eigenvalue weighted by Crippen LogP contribution is -2.06. The van der Waals surface area contributed by atoms with Crippen LogP contribution in [0.25, 0.3) is 0 Å². The van der Waals surface area contributed by atoms with Crippen molar-refractivity contribution in [2.45, 2.75) is 20.3 Å². The number of nitrogens with zero attached hydrogens (tertiary/aromatic N) is 2. The largest absolute Gasteiger partial charge is 0.476 e. The molecule has 0 aliphatic rings. The summed E-state index contributed by atoms with van der Waals surface area (Å²) in [6, 6.07) is 6.00. The Balaban J connectivity index is 2.24. The third-order valence-corrected chi connectivity index (χ3v) is 3.05. The van der Waals surface area contributed by atoms with Crippen LogP contribution in [0.1, 0.15) is 18.9 Å². The summed E-state index contributed by atoms with van der Waals surface area (Å²) in [5.74, 6) is 0.958. The van der Waals surface area contributed by atoms with Crippen LogP contribution in [-0.4, -0.2) is 16.6 Å². The normalized spacial score (nSPS) is 10.3. The monoisotopic (exact) mass is 336 g/mol. The Kier molecular flexibility index (Phi) is 4.79. The molecule has 3 N–H and O–H groups in total. The molecular weight excluding hydrogens is 320 g/mol. The number of aromatic nitrogens is 2. The van der Waals surface area contributed by atoms with Crippen LogP contribution in [0.15, 0.2) is 29.0 Å². The second-order valence-corrected chi connectivity index (χ2v) is 5.35. The molecule has 0 atom stereocenters. The van der Waals surface area contributed by atoms with E-state index in [-0.39, 0.29) is 0 Å². The van der Waals surface area contributed by atoms with Gasteiger partial charge in [-0.15, -0.1) is 0 Å². The van der Waals surface area contributed by atoms with E-state index in [0.717, 1.165) is 22.1 Å². The standard InChI is InChI=1S/C14H17BrN4O/c1-3-4-20-14-12(16)13(17-8-18-14)19-11-6-9(2)5-10(15)7-11/h5-8H,3-4,16H2,1-2H3,(H,17,18,19). The van der Waals surface area contributed by atoms with E-state index in [9.17, 15) is 0 Å². The van der Waals surface area contributed by atoms with Crippen LogP contribution in [0, 0.1) is 6.92 Å². The van der Waals surface area contributed by atoms with Crippen LogP contribution in [0.4, 0.5) is 17.2 Å². The highest BCUT2D eigenvalue weighted by molar-refractivity contribution is 9.10. The second-order valence-electron chi connectivity index (χ2n) is 4.43. The number of nitrogen functional groups attached to an aromatic ring is 1. The Bertz CT molecular complexity index is 583. The Labute approximate surface area is 126 Å². The van der Waals surface area contributed by atoms with Gasteiger partial charge >= 0.3 is 0 Å². The molecule has 0 unspecified atom stereocenters. The van der Waals surface area contributed by atoms with Gasteiger partial charge in [-0.05, 0) is 37.1 Å². The number of hydrogen-bond acceptors (Lipinski definition) is 5. The predicted octanol–water partition coefficient (Wildman–Crippen LogP) is 3.66. The Morgan fingerprint density at radius 3 is 2.80 bits per heavy atom. The highest BCUT2D eigenvalue weighted by Crippen LogP contribution is 2.29. The summed E-state index contributed by atoms with van der Waals surface area (Å²) in [5, 5.41) is 3.18. The fourth-order valence-corrected chi connectivity index (χ4v) is 2.35. The molecule has 2 aromatic rings. The van der Waals surface area contributed by atoms with Gasteiger partial charge in [0.2, 0.25) is 5.88 Å². The summed E-state index contributed by atoms with van der Waals surface area (Å²) >= 11 is 3.46. The van der Waals surface area contributed by atoms with E-state index in [4.69, 9.17) is 10.5 Å². The van der Waals surface area contributed by atoms with Gasteiger partial charge in [0.15, 0.2) is 5.82 Å². The van der Waals surface area contributed by atoms with Crippen molar-refractivity contribution in [1.29, 1.82) is 0 Å². The fourth-order valence-electron chi connectivity index (χ4n) is 1.74. The Morgan fingerprint density at radius 1 is 1.30 bits per heavy atom. The zero-order chi connectivity index (χ0) is 14.5. The first-order valence-electron chi connectivity index (χ1n) is 6.37. The van der Waals surface area contributed by atoms with Crippen molar-refractivity contribution in [2.24, 2.45) is 0 Å². The molecule has 0 aliphatic carbocycles. The minimum atomic E-state index is 0.413. The summed E-state index contributed by atoms with van der Waals surface area (Å²) in [4.78, 5) is 8.20. The molecule has 1 aromatic carbocycles. The molecule has 2 rings (SSSR count). The molecule has 106 valence electrons. The summed E-state index contributed by atoms with van der Waals surface area (Å²) in [5.41, 5.74) is 8.48. The van der Waals surface area contributed by atoms with Crippen molar-refractivity contribution in [2.75, 3.05) is 17.7 Å². The maximum atomic E-state index is 6.02. The molecule has 0 radical (unpaired) electrons. The van der Waals surface area contributed by atoms with E-state index < -0.39 is 0 Å². The van der Waals surface area contributed by atoms with Crippen molar-refractivity contribution in [3.8, 4) is 5.88 Å². The molecule has 0 aliphatic heterocycles. The van der Waals surface area contributed by atoms with Gasteiger partial charge in [0.1, 0.15) is 12.0 Å². The van der Waals surface area contributed by atoms with Gasteiger partial charge in [0.05, 0.1) is 6.61 Å². The Morgan fingerprint density at radius 2 is 2.10 bits per heavy atom. The lowest BCUT2D eigenvalue weighted by atomic mass is 10.2. The van der Waals surface area contributed by atoms with Crippen molar-refractivity contribution in [3.63, 3.8) is 0 Å². The molecule has 0 bridgehead atoms. The maximum Gasteiger partial charge on any atom is 0.242 e. The molecular formula is C14H17BrN4O. The lowest BCUT2D eigenvalue weighted by Gasteiger charge is -2.12. The smallest absolute Gasteiger partial charge is 0.242 e. The van der Waals surface area contributed by atoms with Gasteiger partial charge in [0, 0.05) is 10.2 Å². The van der Waals surface area contributed by atoms with Crippen LogP contribution in [0.5, 0.6) is 5.88 Å². The van der Waals surface area contributed by atoms with E-state index >= 15 is 0 Å². The van der Waals surface area contributed by atoms with Crippen LogP contribution >= 0.6 is 15.9 Å². The van der Waals surface area contributed by atoms with E-state index in [2.05, 4.69) is 31.2 Å². The molecule has 0 saturated carbocycles. The van der Waals surface area contributed by atoms with Gasteiger partial charge in [-0.2, -0.15) is 4.98 Å². The third kappa shape index (κ3) is 3.60. The number of anilines is 3. The van der Waals surface area contributed by atoms with Gasteiger partial charge in [0.25, 0.3) is 0 Å². The zero-order valence-electron chi connectivity index (χ0n) is 11.5. The number of rotatable bonds is 5. The maximum absolute atomic E-state index is 6.02. The average molecular weight is 337 g/mol. The minimum Gasteiger partial charge on any atom is -0.476 e. The number of benzene rings is 1. The van der Waals surface area contributed by atoms with Crippen molar-refractivity contribution in [1.82, 2.24) is 9.97 Å². The summed E-state index contributed by atoms with van der Waals surface area (Å²) in [7, 11) is 0. The lowest BCUT2D eigenvalue weighted by molar-refractivity contribution is 0.307. The highest BCUT2D eigenvalue weighted by Gasteiger charge is 2.09. The summed E-state index contributed by atoms with van der Waals surface area (Å²) in [6.07, 6.45) is 2.34. The predicted molar refractivity (Wildman–Crippen MR) is 84.4 cm³/mol. The average Bonchev–Trinajstić information content (AvgIpc) is 2.38. The summed E-state index contributed by atoms with van der Waals surface area (Å²) < 4.78 is 6.48. The van der Waals surface area contributed by atoms with E-state index in [0.29, 0.717) is 24.0 Å². The molecule has 0 saturated heterocycles. The molecule has 0 spiro atoms. The number of nitrogens with one attached hydrogen (secondary N) is 1. The number of halogens is 1. The first-order chi connectivity index (χ1) is 9.60. The first-order valence-corrected chi connectivity index (χ1v) is 7.17. The highest BCUT2D eigenvalue weighted by atomic mass is 79.9. The molecule has 5 nitrogen and oxygen atoms in total. The van der Waals surface area contributed by atoms with E-state index in [1.165, 1.54) is 6.33 Å². The van der Waals surface area contributed by atoms with E-state index in [1.54, 1.807) is 0 Å². The third-order valence-electron chi connectivity index (χ3n) is 2.60. The number of ether oxygens (including phenoxy) is 1. The van der Waals surface area contributed by atoms with Crippen LogP contribution in [-0.2, 0) is 0 Å².